The molecule has 0 saturated carbocycles. The van der Waals surface area contributed by atoms with E-state index in [0.717, 1.165) is 28.7 Å². The summed E-state index contributed by atoms with van der Waals surface area (Å²) in [6.45, 7) is 4.92. The van der Waals surface area contributed by atoms with Gasteiger partial charge < -0.3 is 10.0 Å². The fraction of sp³-hybridized carbons (Fsp3) is 0.733. The van der Waals surface area contributed by atoms with Gasteiger partial charge in [0.05, 0.1) is 12.1 Å². The number of aromatic nitrogens is 2. The normalized spacial score (nSPS) is 22.2. The minimum absolute atomic E-state index is 0.336. The first kappa shape index (κ1) is 19.0. The summed E-state index contributed by atoms with van der Waals surface area (Å²) in [6.07, 6.45) is 1.61. The van der Waals surface area contributed by atoms with Gasteiger partial charge in [-0.15, -0.1) is 0 Å². The van der Waals surface area contributed by atoms with Crippen LogP contribution in [0.2, 0.25) is 0 Å². The van der Waals surface area contributed by atoms with Gasteiger partial charge in [-0.3, -0.25) is 0 Å². The average molecular weight is 357 g/mol. The van der Waals surface area contributed by atoms with Gasteiger partial charge in [0.2, 0.25) is 0 Å². The van der Waals surface area contributed by atoms with Crippen molar-refractivity contribution in [3.63, 3.8) is 0 Å². The molecule has 2 heterocycles. The molecule has 2 rings (SSSR count). The third-order valence-electron chi connectivity index (χ3n) is 4.07. The van der Waals surface area contributed by atoms with Gasteiger partial charge in [0, 0.05) is 38.9 Å². The first-order valence-electron chi connectivity index (χ1n) is 8.20. The number of hydrogen-bond donors (Lipinski definition) is 2. The number of β-amino-alcohol motifs (C(OH)–C–C–N with tert-alkyl or cyclic N) is 1. The summed E-state index contributed by atoms with van der Waals surface area (Å²) in [5.41, 5.74) is 0.991. The van der Waals surface area contributed by atoms with Crippen molar-refractivity contribution in [3.8, 4) is 0 Å². The van der Waals surface area contributed by atoms with Crippen LogP contribution in [-0.2, 0) is 16.6 Å². The summed E-state index contributed by atoms with van der Waals surface area (Å²) >= 11 is 0. The van der Waals surface area contributed by atoms with E-state index in [1.165, 1.54) is 14.1 Å². The summed E-state index contributed by atoms with van der Waals surface area (Å²) in [6, 6.07) is 1.46. The summed E-state index contributed by atoms with van der Waals surface area (Å²) in [7, 11) is -0.632. The van der Waals surface area contributed by atoms with Crippen LogP contribution in [0.15, 0.2) is 6.07 Å². The van der Waals surface area contributed by atoms with E-state index in [0.29, 0.717) is 25.3 Å². The van der Waals surface area contributed by atoms with Crippen molar-refractivity contribution in [1.82, 2.24) is 19.0 Å². The van der Waals surface area contributed by atoms with Crippen LogP contribution < -0.4 is 9.62 Å². The summed E-state index contributed by atoms with van der Waals surface area (Å²) in [4.78, 5) is 10.9. The van der Waals surface area contributed by atoms with Crippen LogP contribution in [0, 0.1) is 6.92 Å². The topological polar surface area (TPSA) is 98.7 Å². The molecule has 1 aliphatic rings. The number of nitrogens with one attached hydrogen (secondary N) is 1. The summed E-state index contributed by atoms with van der Waals surface area (Å²) in [5, 5.41) is 10.4. The highest BCUT2D eigenvalue weighted by Gasteiger charge is 2.32. The molecule has 0 radical (unpaired) electrons. The predicted molar refractivity (Wildman–Crippen MR) is 93.1 cm³/mol. The van der Waals surface area contributed by atoms with Gasteiger partial charge in [-0.05, 0) is 19.8 Å². The van der Waals surface area contributed by atoms with Gasteiger partial charge in [0.25, 0.3) is 10.2 Å². The van der Waals surface area contributed by atoms with E-state index >= 15 is 0 Å². The Morgan fingerprint density at radius 3 is 2.71 bits per heavy atom. The highest BCUT2D eigenvalue weighted by atomic mass is 32.2. The Labute approximate surface area is 144 Å². The van der Waals surface area contributed by atoms with E-state index in [1.807, 2.05) is 17.9 Å². The highest BCUT2D eigenvalue weighted by molar-refractivity contribution is 7.87. The number of anilines is 1. The number of aliphatic hydroxyl groups excluding tert-OH is 1. The zero-order valence-electron chi connectivity index (χ0n) is 14.7. The quantitative estimate of drug-likeness (QED) is 0.748. The van der Waals surface area contributed by atoms with Crippen LogP contribution in [0.3, 0.4) is 0 Å². The van der Waals surface area contributed by atoms with Crippen molar-refractivity contribution < 1.29 is 13.5 Å². The molecule has 0 bridgehead atoms. The molecular weight excluding hydrogens is 330 g/mol. The third-order valence-corrected chi connectivity index (χ3v) is 5.63. The smallest absolute Gasteiger partial charge is 0.279 e. The molecule has 0 aromatic carbocycles. The number of nitrogens with zero attached hydrogens (tertiary/aromatic N) is 4. The third kappa shape index (κ3) is 4.62. The van der Waals surface area contributed by atoms with E-state index in [4.69, 9.17) is 0 Å². The molecule has 2 atom stereocenters. The summed E-state index contributed by atoms with van der Waals surface area (Å²) < 4.78 is 27.5. The molecule has 0 aliphatic carbocycles. The second-order valence-corrected chi connectivity index (χ2v) is 8.24. The van der Waals surface area contributed by atoms with Gasteiger partial charge >= 0.3 is 0 Å². The number of hydrogen-bond acceptors (Lipinski definition) is 6. The molecule has 0 spiro atoms. The molecule has 1 aliphatic heterocycles. The number of aliphatic hydroxyl groups is 1. The molecule has 0 amide bonds. The lowest BCUT2D eigenvalue weighted by atomic mass is 10.0. The van der Waals surface area contributed by atoms with Crippen LogP contribution in [0.4, 0.5) is 5.82 Å². The van der Waals surface area contributed by atoms with Crippen molar-refractivity contribution in [1.29, 1.82) is 0 Å². The SMILES string of the molecule is CCCc1cc(N2CC[C@@H](NS(=O)(=O)N(C)C)[C@H](O)C2)nc(C)n1. The summed E-state index contributed by atoms with van der Waals surface area (Å²) in [5.74, 6) is 1.50. The van der Waals surface area contributed by atoms with Gasteiger partial charge in [-0.1, -0.05) is 13.3 Å². The zero-order chi connectivity index (χ0) is 17.9. The Hall–Kier alpha value is -1.29. The minimum atomic E-state index is -3.55. The van der Waals surface area contributed by atoms with E-state index in [-0.39, 0.29) is 0 Å². The lowest BCUT2D eigenvalue weighted by Crippen LogP contribution is -2.56. The molecule has 24 heavy (non-hydrogen) atoms. The van der Waals surface area contributed by atoms with E-state index in [1.54, 1.807) is 0 Å². The molecule has 0 unspecified atom stereocenters. The lowest BCUT2D eigenvalue weighted by molar-refractivity contribution is 0.123. The standard InChI is InChI=1S/C15H27N5O3S/c1-5-6-12-9-15(17-11(2)16-12)20-8-7-13(14(21)10-20)18-24(22,23)19(3)4/h9,13-14,18,21H,5-8,10H2,1-4H3/t13-,14-/m1/s1. The van der Waals surface area contributed by atoms with E-state index < -0.39 is 22.4 Å². The van der Waals surface area contributed by atoms with Gasteiger partial charge in [-0.25, -0.2) is 9.97 Å². The molecule has 1 aromatic rings. The average Bonchev–Trinajstić information content (AvgIpc) is 2.48. The van der Waals surface area contributed by atoms with E-state index in [9.17, 15) is 13.5 Å². The predicted octanol–water partition coefficient (Wildman–Crippen LogP) is 0.0731. The van der Waals surface area contributed by atoms with Crippen LogP contribution in [-0.4, -0.2) is 67.1 Å². The van der Waals surface area contributed by atoms with Gasteiger partial charge in [-0.2, -0.15) is 17.4 Å². The fourth-order valence-corrected chi connectivity index (χ4v) is 3.60. The molecule has 1 aromatic heterocycles. The first-order valence-corrected chi connectivity index (χ1v) is 9.64. The van der Waals surface area contributed by atoms with Gasteiger partial charge in [0.15, 0.2) is 0 Å². The fourth-order valence-electron chi connectivity index (χ4n) is 2.73. The number of piperidine rings is 1. The van der Waals surface area contributed by atoms with Crippen LogP contribution in [0.25, 0.3) is 0 Å². The molecule has 1 fully saturated rings. The van der Waals surface area contributed by atoms with Crippen molar-refractivity contribution in [2.75, 3.05) is 32.1 Å². The van der Waals surface area contributed by atoms with E-state index in [2.05, 4.69) is 21.6 Å². The Kier molecular flexibility index (Phi) is 6.13. The zero-order valence-corrected chi connectivity index (χ0v) is 15.5. The molecule has 1 saturated heterocycles. The Balaban J connectivity index is 2.08. The molecule has 136 valence electrons. The molecule has 2 N–H and O–H groups in total. The maximum absolute atomic E-state index is 11.9. The van der Waals surface area contributed by atoms with Crippen molar-refractivity contribution in [2.24, 2.45) is 0 Å². The second kappa shape index (κ2) is 7.73. The minimum Gasteiger partial charge on any atom is -0.390 e. The van der Waals surface area contributed by atoms with Crippen LogP contribution >= 0.6 is 0 Å². The van der Waals surface area contributed by atoms with Crippen LogP contribution in [0.1, 0.15) is 31.3 Å². The Morgan fingerprint density at radius 2 is 2.12 bits per heavy atom. The largest absolute Gasteiger partial charge is 0.390 e. The number of rotatable bonds is 6. The second-order valence-electron chi connectivity index (χ2n) is 6.33. The molecular formula is C15H27N5O3S. The first-order chi connectivity index (χ1) is 11.2. The molecule has 8 nitrogen and oxygen atoms in total. The maximum Gasteiger partial charge on any atom is 0.279 e. The maximum atomic E-state index is 11.9. The van der Waals surface area contributed by atoms with Crippen molar-refractivity contribution in [2.45, 2.75) is 45.3 Å². The Morgan fingerprint density at radius 1 is 1.42 bits per heavy atom. The molecule has 9 heteroatoms. The Bertz CT molecular complexity index is 665. The monoisotopic (exact) mass is 357 g/mol. The highest BCUT2D eigenvalue weighted by Crippen LogP contribution is 2.20. The van der Waals surface area contributed by atoms with Crippen molar-refractivity contribution >= 4 is 16.0 Å². The lowest BCUT2D eigenvalue weighted by Gasteiger charge is -2.37. The van der Waals surface area contributed by atoms with Gasteiger partial charge in [0.1, 0.15) is 11.6 Å². The van der Waals surface area contributed by atoms with Crippen LogP contribution in [0.5, 0.6) is 0 Å². The number of aryl methyl sites for hydroxylation is 2. The van der Waals surface area contributed by atoms with Crippen molar-refractivity contribution in [3.05, 3.63) is 17.6 Å².